The van der Waals surface area contributed by atoms with Gasteiger partial charge in [0.15, 0.2) is 0 Å². The Balaban J connectivity index is 1.79. The van der Waals surface area contributed by atoms with E-state index in [2.05, 4.69) is 11.6 Å². The maximum absolute atomic E-state index is 13.1. The van der Waals surface area contributed by atoms with E-state index in [9.17, 15) is 13.2 Å². The minimum Gasteiger partial charge on any atom is -0.495 e. The predicted molar refractivity (Wildman–Crippen MR) is 134 cm³/mol. The second-order valence-electron chi connectivity index (χ2n) is 9.64. The van der Waals surface area contributed by atoms with Gasteiger partial charge in [-0.15, -0.1) is 0 Å². The van der Waals surface area contributed by atoms with Gasteiger partial charge in [0, 0.05) is 13.1 Å². The number of ether oxygens (including phenoxy) is 2. The van der Waals surface area contributed by atoms with Gasteiger partial charge in [0.1, 0.15) is 11.4 Å². The monoisotopic (exact) mass is 488 g/mol. The van der Waals surface area contributed by atoms with Crippen LogP contribution in [0.25, 0.3) is 0 Å². The van der Waals surface area contributed by atoms with E-state index in [-0.39, 0.29) is 11.0 Å². The standard InChI is InChI=1S/C26H36N2O5S/c1-6-7-8-19-9-11-22(12-10-19)34(30,31)27-23-17-20-13-15-28(25(29)33-26(2,3)4)16-14-21(20)18-24(23)32-5/h9-12,17-18,27H,6-8,13-16H2,1-5H3. The van der Waals surface area contributed by atoms with Crippen LogP contribution in [-0.4, -0.2) is 45.2 Å². The number of hydrogen-bond donors (Lipinski definition) is 1. The maximum Gasteiger partial charge on any atom is 0.410 e. The normalized spacial score (nSPS) is 14.2. The Morgan fingerprint density at radius 1 is 1.06 bits per heavy atom. The molecule has 1 aliphatic heterocycles. The molecule has 0 radical (unpaired) electrons. The molecular formula is C26H36N2O5S. The van der Waals surface area contributed by atoms with Crippen LogP contribution in [0.2, 0.25) is 0 Å². The molecule has 0 fully saturated rings. The van der Waals surface area contributed by atoms with Gasteiger partial charge in [-0.3, -0.25) is 4.72 Å². The number of hydrogen-bond acceptors (Lipinski definition) is 5. The number of carbonyl (C=O) groups is 1. The summed E-state index contributed by atoms with van der Waals surface area (Å²) < 4.78 is 39.9. The van der Waals surface area contributed by atoms with Crippen molar-refractivity contribution in [2.75, 3.05) is 24.9 Å². The van der Waals surface area contributed by atoms with Gasteiger partial charge in [-0.25, -0.2) is 13.2 Å². The van der Waals surface area contributed by atoms with Crippen molar-refractivity contribution in [3.63, 3.8) is 0 Å². The fraction of sp³-hybridized carbons (Fsp3) is 0.500. The van der Waals surface area contributed by atoms with E-state index in [4.69, 9.17) is 9.47 Å². The molecule has 0 unspecified atom stereocenters. The Bertz CT molecular complexity index is 1110. The third-order valence-electron chi connectivity index (χ3n) is 5.77. The van der Waals surface area contributed by atoms with E-state index in [0.29, 0.717) is 37.4 Å². The lowest BCUT2D eigenvalue weighted by atomic mass is 10.0. The number of anilines is 1. The first-order valence-electron chi connectivity index (χ1n) is 11.8. The topological polar surface area (TPSA) is 84.9 Å². The Morgan fingerprint density at radius 2 is 1.68 bits per heavy atom. The first-order valence-corrected chi connectivity index (χ1v) is 13.3. The van der Waals surface area contributed by atoms with Crippen LogP contribution in [-0.2, 0) is 34.0 Å². The van der Waals surface area contributed by atoms with Gasteiger partial charge in [-0.1, -0.05) is 25.5 Å². The van der Waals surface area contributed by atoms with Crippen LogP contribution in [0.1, 0.15) is 57.2 Å². The third kappa shape index (κ3) is 6.65. The lowest BCUT2D eigenvalue weighted by Gasteiger charge is -2.26. The van der Waals surface area contributed by atoms with Gasteiger partial charge in [0.25, 0.3) is 10.0 Å². The molecule has 0 saturated carbocycles. The minimum absolute atomic E-state index is 0.209. The molecule has 2 aromatic rings. The van der Waals surface area contributed by atoms with Gasteiger partial charge in [-0.2, -0.15) is 0 Å². The highest BCUT2D eigenvalue weighted by molar-refractivity contribution is 7.92. The van der Waals surface area contributed by atoms with E-state index in [1.165, 1.54) is 7.11 Å². The average Bonchev–Trinajstić information content (AvgIpc) is 2.98. The summed E-state index contributed by atoms with van der Waals surface area (Å²) >= 11 is 0. The second kappa shape index (κ2) is 10.7. The van der Waals surface area contributed by atoms with Crippen LogP contribution >= 0.6 is 0 Å². The predicted octanol–water partition coefficient (Wildman–Crippen LogP) is 5.17. The summed E-state index contributed by atoms with van der Waals surface area (Å²) in [5, 5.41) is 0. The number of unbranched alkanes of at least 4 members (excludes halogenated alkanes) is 1. The molecular weight excluding hydrogens is 452 g/mol. The van der Waals surface area contributed by atoms with Gasteiger partial charge in [0.05, 0.1) is 17.7 Å². The molecule has 3 rings (SSSR count). The van der Waals surface area contributed by atoms with E-state index in [1.54, 1.807) is 17.0 Å². The Hall–Kier alpha value is -2.74. The molecule has 186 valence electrons. The summed E-state index contributed by atoms with van der Waals surface area (Å²) in [4.78, 5) is 14.4. The highest BCUT2D eigenvalue weighted by atomic mass is 32.2. The van der Waals surface area contributed by atoms with Crippen LogP contribution < -0.4 is 9.46 Å². The van der Waals surface area contributed by atoms with Crippen LogP contribution in [0.4, 0.5) is 10.5 Å². The lowest BCUT2D eigenvalue weighted by molar-refractivity contribution is 0.0258. The molecule has 8 heteroatoms. The molecule has 0 aromatic heterocycles. The number of sulfonamides is 1. The Kier molecular flexibility index (Phi) is 8.13. The molecule has 1 amide bonds. The highest BCUT2D eigenvalue weighted by Gasteiger charge is 2.25. The zero-order valence-electron chi connectivity index (χ0n) is 20.8. The smallest absolute Gasteiger partial charge is 0.410 e. The first-order chi connectivity index (χ1) is 16.0. The SMILES string of the molecule is CCCCc1ccc(S(=O)(=O)Nc2cc3c(cc2OC)CCN(C(=O)OC(C)(C)C)CC3)cc1. The lowest BCUT2D eigenvalue weighted by Crippen LogP contribution is -2.38. The summed E-state index contributed by atoms with van der Waals surface area (Å²) in [6.45, 7) is 8.70. The number of fused-ring (bicyclic) bond motifs is 1. The number of benzene rings is 2. The molecule has 0 saturated heterocycles. The molecule has 0 atom stereocenters. The van der Waals surface area contributed by atoms with Gasteiger partial charge >= 0.3 is 6.09 Å². The molecule has 0 aliphatic carbocycles. The third-order valence-corrected chi connectivity index (χ3v) is 7.15. The van der Waals surface area contributed by atoms with Crippen molar-refractivity contribution in [2.45, 2.75) is 70.3 Å². The van der Waals surface area contributed by atoms with E-state index in [1.807, 2.05) is 45.0 Å². The zero-order chi connectivity index (χ0) is 24.9. The summed E-state index contributed by atoms with van der Waals surface area (Å²) in [7, 11) is -2.26. The number of rotatable bonds is 7. The molecule has 1 heterocycles. The van der Waals surface area contributed by atoms with Crippen molar-refractivity contribution in [3.05, 3.63) is 53.1 Å². The number of nitrogens with zero attached hydrogens (tertiary/aromatic N) is 1. The Labute approximate surface area is 203 Å². The van der Waals surface area contributed by atoms with Crippen molar-refractivity contribution in [2.24, 2.45) is 0 Å². The summed E-state index contributed by atoms with van der Waals surface area (Å²) in [5.41, 5.74) is 2.98. The van der Waals surface area contributed by atoms with Crippen LogP contribution in [0.5, 0.6) is 5.75 Å². The van der Waals surface area contributed by atoms with Crippen molar-refractivity contribution < 1.29 is 22.7 Å². The van der Waals surface area contributed by atoms with Crippen molar-refractivity contribution in [3.8, 4) is 5.75 Å². The van der Waals surface area contributed by atoms with Crippen molar-refractivity contribution in [1.29, 1.82) is 0 Å². The molecule has 1 aliphatic rings. The zero-order valence-corrected chi connectivity index (χ0v) is 21.6. The maximum atomic E-state index is 13.1. The number of nitrogens with one attached hydrogen (secondary N) is 1. The fourth-order valence-corrected chi connectivity index (χ4v) is 4.99. The van der Waals surface area contributed by atoms with Gasteiger partial charge in [-0.05, 0) is 87.4 Å². The fourth-order valence-electron chi connectivity index (χ4n) is 3.93. The Morgan fingerprint density at radius 3 is 2.24 bits per heavy atom. The molecule has 0 spiro atoms. The first kappa shape index (κ1) is 25.9. The molecule has 0 bridgehead atoms. The molecule has 1 N–H and O–H groups in total. The average molecular weight is 489 g/mol. The minimum atomic E-state index is -3.78. The summed E-state index contributed by atoms with van der Waals surface area (Å²) in [6, 6.07) is 10.7. The van der Waals surface area contributed by atoms with Gasteiger partial charge < -0.3 is 14.4 Å². The van der Waals surface area contributed by atoms with Crippen LogP contribution in [0.3, 0.4) is 0 Å². The number of aryl methyl sites for hydroxylation is 1. The quantitative estimate of drug-likeness (QED) is 0.581. The van der Waals surface area contributed by atoms with Crippen LogP contribution in [0, 0.1) is 0 Å². The summed E-state index contributed by atoms with van der Waals surface area (Å²) in [5.74, 6) is 0.451. The van der Waals surface area contributed by atoms with E-state index in [0.717, 1.165) is 36.0 Å². The number of carbonyl (C=O) groups excluding carboxylic acids is 1. The highest BCUT2D eigenvalue weighted by Crippen LogP contribution is 2.32. The van der Waals surface area contributed by atoms with Crippen molar-refractivity contribution >= 4 is 21.8 Å². The molecule has 34 heavy (non-hydrogen) atoms. The van der Waals surface area contributed by atoms with Crippen LogP contribution in [0.15, 0.2) is 41.3 Å². The van der Waals surface area contributed by atoms with E-state index < -0.39 is 15.6 Å². The largest absolute Gasteiger partial charge is 0.495 e. The second-order valence-corrected chi connectivity index (χ2v) is 11.3. The van der Waals surface area contributed by atoms with Gasteiger partial charge in [0.2, 0.25) is 0 Å². The van der Waals surface area contributed by atoms with Crippen molar-refractivity contribution in [1.82, 2.24) is 4.90 Å². The summed E-state index contributed by atoms with van der Waals surface area (Å²) in [6.07, 6.45) is 3.99. The number of methoxy groups -OCH3 is 1. The number of amides is 1. The van der Waals surface area contributed by atoms with E-state index >= 15 is 0 Å². The molecule has 7 nitrogen and oxygen atoms in total. The molecule has 2 aromatic carbocycles.